The van der Waals surface area contributed by atoms with Gasteiger partial charge in [0.15, 0.2) is 5.96 Å². The van der Waals surface area contributed by atoms with Crippen LogP contribution in [0.5, 0.6) is 0 Å². The molecule has 1 saturated heterocycles. The predicted molar refractivity (Wildman–Crippen MR) is 107 cm³/mol. The van der Waals surface area contributed by atoms with Gasteiger partial charge < -0.3 is 15.0 Å². The Labute approximate surface area is 165 Å². The van der Waals surface area contributed by atoms with Crippen LogP contribution in [0, 0.1) is 5.82 Å². The van der Waals surface area contributed by atoms with Gasteiger partial charge in [0.05, 0.1) is 25.9 Å². The fraction of sp³-hybridized carbons (Fsp3) is 0.524. The molecule has 2 fully saturated rings. The number of aliphatic imine (C=N–C) groups is 1. The minimum atomic E-state index is -0.152. The van der Waals surface area contributed by atoms with E-state index >= 15 is 0 Å². The van der Waals surface area contributed by atoms with Crippen molar-refractivity contribution in [3.05, 3.63) is 53.6 Å². The van der Waals surface area contributed by atoms with E-state index in [0.717, 1.165) is 49.6 Å². The van der Waals surface area contributed by atoms with Gasteiger partial charge in [-0.15, -0.1) is 0 Å². The normalized spacial score (nSPS) is 21.6. The minimum absolute atomic E-state index is 0.0206. The van der Waals surface area contributed by atoms with Crippen molar-refractivity contribution in [1.29, 1.82) is 0 Å². The van der Waals surface area contributed by atoms with Gasteiger partial charge in [-0.3, -0.25) is 9.67 Å². The van der Waals surface area contributed by atoms with E-state index in [9.17, 15) is 4.39 Å². The first-order chi connectivity index (χ1) is 13.6. The van der Waals surface area contributed by atoms with Gasteiger partial charge in [-0.1, -0.05) is 18.2 Å². The summed E-state index contributed by atoms with van der Waals surface area (Å²) in [4.78, 5) is 7.15. The van der Waals surface area contributed by atoms with E-state index in [1.54, 1.807) is 16.8 Å². The number of halogens is 1. The Morgan fingerprint density at radius 2 is 2.21 bits per heavy atom. The number of rotatable bonds is 5. The molecule has 2 aliphatic rings. The average molecular weight is 385 g/mol. The van der Waals surface area contributed by atoms with Crippen LogP contribution in [-0.4, -0.2) is 53.4 Å². The van der Waals surface area contributed by atoms with Gasteiger partial charge in [-0.05, 0) is 31.4 Å². The molecule has 0 amide bonds. The van der Waals surface area contributed by atoms with Crippen molar-refractivity contribution >= 4 is 5.96 Å². The number of hydrogen-bond donors (Lipinski definition) is 1. The molecule has 1 aliphatic carbocycles. The van der Waals surface area contributed by atoms with Crippen LogP contribution in [0.25, 0.3) is 0 Å². The first-order valence-corrected chi connectivity index (χ1v) is 10.00. The third-order valence-corrected chi connectivity index (χ3v) is 5.63. The molecule has 150 valence electrons. The average Bonchev–Trinajstić information content (AvgIpc) is 3.37. The van der Waals surface area contributed by atoms with Crippen molar-refractivity contribution in [3.8, 4) is 0 Å². The molecule has 1 N–H and O–H groups in total. The first-order valence-electron chi connectivity index (χ1n) is 10.00. The zero-order valence-electron chi connectivity index (χ0n) is 16.6. The number of nitrogens with zero attached hydrogens (tertiary/aromatic N) is 4. The highest BCUT2D eigenvalue weighted by atomic mass is 19.1. The topological polar surface area (TPSA) is 54.7 Å². The summed E-state index contributed by atoms with van der Waals surface area (Å²) in [6.45, 7) is 5.62. The maximum Gasteiger partial charge on any atom is 0.194 e. The lowest BCUT2D eigenvalue weighted by molar-refractivity contribution is -0.00805. The van der Waals surface area contributed by atoms with E-state index < -0.39 is 0 Å². The standard InChI is InChI=1S/C21H28FN5O/c1-3-23-20(24-15-21(8-9-21)17-6-4-5-7-18(17)22)27-10-11-28-19(14-27)16-12-25-26(2)13-16/h4-7,12-13,19H,3,8-11,14-15H2,1-2H3,(H,23,24). The van der Waals surface area contributed by atoms with Crippen LogP contribution < -0.4 is 5.32 Å². The van der Waals surface area contributed by atoms with E-state index in [1.807, 2.05) is 31.6 Å². The van der Waals surface area contributed by atoms with Crippen molar-refractivity contribution in [2.24, 2.45) is 12.0 Å². The van der Waals surface area contributed by atoms with E-state index in [2.05, 4.69) is 22.2 Å². The lowest BCUT2D eigenvalue weighted by Gasteiger charge is -2.35. The Hall–Kier alpha value is -2.41. The van der Waals surface area contributed by atoms with Crippen molar-refractivity contribution in [1.82, 2.24) is 20.0 Å². The second-order valence-corrected chi connectivity index (χ2v) is 7.68. The molecule has 1 aliphatic heterocycles. The van der Waals surface area contributed by atoms with Crippen molar-refractivity contribution in [3.63, 3.8) is 0 Å². The van der Waals surface area contributed by atoms with E-state index in [0.29, 0.717) is 13.2 Å². The maximum absolute atomic E-state index is 14.3. The Morgan fingerprint density at radius 3 is 2.89 bits per heavy atom. The molecule has 1 aromatic carbocycles. The molecule has 7 heteroatoms. The molecule has 0 bridgehead atoms. The molecular formula is C21H28FN5O. The van der Waals surface area contributed by atoms with Crippen LogP contribution in [0.4, 0.5) is 4.39 Å². The lowest BCUT2D eigenvalue weighted by atomic mass is 9.95. The molecular weight excluding hydrogens is 357 g/mol. The highest BCUT2D eigenvalue weighted by Gasteiger charge is 2.46. The van der Waals surface area contributed by atoms with Gasteiger partial charge in [-0.2, -0.15) is 5.10 Å². The summed E-state index contributed by atoms with van der Waals surface area (Å²) < 4.78 is 22.0. The number of hydrogen-bond acceptors (Lipinski definition) is 3. The molecule has 4 rings (SSSR count). The molecule has 6 nitrogen and oxygen atoms in total. The Balaban J connectivity index is 1.49. The summed E-state index contributed by atoms with van der Waals surface area (Å²) >= 11 is 0. The lowest BCUT2D eigenvalue weighted by Crippen LogP contribution is -2.48. The van der Waals surface area contributed by atoms with Gasteiger partial charge >= 0.3 is 0 Å². The van der Waals surface area contributed by atoms with E-state index in [1.165, 1.54) is 0 Å². The fourth-order valence-electron chi connectivity index (χ4n) is 3.86. The van der Waals surface area contributed by atoms with Crippen LogP contribution >= 0.6 is 0 Å². The van der Waals surface area contributed by atoms with Crippen LogP contribution in [0.3, 0.4) is 0 Å². The van der Waals surface area contributed by atoms with Gasteiger partial charge in [0, 0.05) is 37.3 Å². The monoisotopic (exact) mass is 385 g/mol. The molecule has 1 atom stereocenters. The summed E-state index contributed by atoms with van der Waals surface area (Å²) in [5.74, 6) is 0.755. The van der Waals surface area contributed by atoms with Crippen molar-refractivity contribution in [2.75, 3.05) is 32.8 Å². The predicted octanol–water partition coefficient (Wildman–Crippen LogP) is 2.63. The number of nitrogens with one attached hydrogen (secondary N) is 1. The van der Waals surface area contributed by atoms with E-state index in [-0.39, 0.29) is 17.3 Å². The number of aromatic nitrogens is 2. The van der Waals surface area contributed by atoms with E-state index in [4.69, 9.17) is 9.73 Å². The number of aryl methyl sites for hydroxylation is 1. The number of morpholine rings is 1. The van der Waals surface area contributed by atoms with Crippen LogP contribution in [-0.2, 0) is 17.2 Å². The molecule has 1 aromatic heterocycles. The molecule has 1 saturated carbocycles. The number of ether oxygens (including phenoxy) is 1. The van der Waals surface area contributed by atoms with Gasteiger partial charge in [0.1, 0.15) is 11.9 Å². The SMILES string of the molecule is CCNC(=NCC1(c2ccccc2F)CC1)N1CCOC(c2cnn(C)c2)C1. The summed E-state index contributed by atoms with van der Waals surface area (Å²) in [6.07, 6.45) is 5.80. The Bertz CT molecular complexity index is 845. The van der Waals surface area contributed by atoms with Crippen molar-refractivity contribution < 1.29 is 9.13 Å². The van der Waals surface area contributed by atoms with Crippen LogP contribution in [0.15, 0.2) is 41.7 Å². The summed E-state index contributed by atoms with van der Waals surface area (Å²) in [7, 11) is 1.91. The Morgan fingerprint density at radius 1 is 1.39 bits per heavy atom. The number of benzene rings is 1. The third kappa shape index (κ3) is 3.90. The smallest absolute Gasteiger partial charge is 0.194 e. The molecule has 2 aromatic rings. The second kappa shape index (κ2) is 7.91. The zero-order chi connectivity index (χ0) is 19.6. The molecule has 1 unspecified atom stereocenters. The first kappa shape index (κ1) is 18.9. The zero-order valence-corrected chi connectivity index (χ0v) is 16.6. The third-order valence-electron chi connectivity index (χ3n) is 5.63. The molecule has 2 heterocycles. The highest BCUT2D eigenvalue weighted by Crippen LogP contribution is 2.49. The quantitative estimate of drug-likeness (QED) is 0.635. The van der Waals surface area contributed by atoms with Gasteiger partial charge in [0.2, 0.25) is 0 Å². The fourth-order valence-corrected chi connectivity index (χ4v) is 3.86. The largest absolute Gasteiger partial charge is 0.370 e. The summed E-state index contributed by atoms with van der Waals surface area (Å²) in [5.41, 5.74) is 1.72. The summed E-state index contributed by atoms with van der Waals surface area (Å²) in [5, 5.41) is 7.66. The van der Waals surface area contributed by atoms with Crippen LogP contribution in [0.1, 0.15) is 37.0 Å². The Kier molecular flexibility index (Phi) is 5.35. The minimum Gasteiger partial charge on any atom is -0.370 e. The van der Waals surface area contributed by atoms with Gasteiger partial charge in [-0.25, -0.2) is 4.39 Å². The maximum atomic E-state index is 14.3. The molecule has 0 radical (unpaired) electrons. The molecule has 28 heavy (non-hydrogen) atoms. The number of guanidine groups is 1. The molecule has 0 spiro atoms. The van der Waals surface area contributed by atoms with Crippen molar-refractivity contribution in [2.45, 2.75) is 31.3 Å². The van der Waals surface area contributed by atoms with Crippen LogP contribution in [0.2, 0.25) is 0 Å². The second-order valence-electron chi connectivity index (χ2n) is 7.68. The highest BCUT2D eigenvalue weighted by molar-refractivity contribution is 5.80. The van der Waals surface area contributed by atoms with Gasteiger partial charge in [0.25, 0.3) is 0 Å². The summed E-state index contributed by atoms with van der Waals surface area (Å²) in [6, 6.07) is 7.10.